The molecule has 2 aromatic carbocycles. The van der Waals surface area contributed by atoms with Crippen LogP contribution in [0.15, 0.2) is 48.5 Å². The minimum absolute atomic E-state index is 0.458. The van der Waals surface area contributed by atoms with Crippen LogP contribution in [0.4, 0.5) is 0 Å². The Balaban J connectivity index is 1.60. The zero-order valence-electron chi connectivity index (χ0n) is 15.8. The molecular weight excluding hydrogens is 346 g/mol. The molecule has 27 heavy (non-hydrogen) atoms. The number of benzene rings is 2. The monoisotopic (exact) mass is 373 g/mol. The molecule has 0 N–H and O–H groups in total. The molecule has 0 aromatic heterocycles. The lowest BCUT2D eigenvalue weighted by Crippen LogP contribution is -2.28. The van der Waals surface area contributed by atoms with E-state index in [1.165, 1.54) is 0 Å². The normalized spacial score (nSPS) is 17.5. The molecule has 0 bridgehead atoms. The van der Waals surface area contributed by atoms with Gasteiger partial charge in [0.1, 0.15) is 26.4 Å². The quantitative estimate of drug-likeness (QED) is 0.708. The molecule has 0 amide bonds. The standard InChI is InChI=1S/C21H27NO5/c1-22-10-12-24-18-6-2-4-8-20(18)26-16-14-23-15-17-27-21-9-5-3-7-19(21)25-13-11-22/h2-9H,10-17H2,1H3. The SMILES string of the molecule is CN1CCOc2ccccc2OCCOCCOc2ccccc2OCC1. The predicted molar refractivity (Wildman–Crippen MR) is 103 cm³/mol. The third kappa shape index (κ3) is 6.34. The number of ether oxygens (including phenoxy) is 5. The van der Waals surface area contributed by atoms with Gasteiger partial charge >= 0.3 is 0 Å². The number of fused-ring (bicyclic) bond motifs is 2. The summed E-state index contributed by atoms with van der Waals surface area (Å²) in [5.74, 6) is 2.97. The van der Waals surface area contributed by atoms with Crippen LogP contribution in [0.2, 0.25) is 0 Å². The third-order valence-corrected chi connectivity index (χ3v) is 4.13. The van der Waals surface area contributed by atoms with Gasteiger partial charge in [-0.2, -0.15) is 0 Å². The zero-order valence-corrected chi connectivity index (χ0v) is 15.8. The molecule has 6 nitrogen and oxygen atoms in total. The highest BCUT2D eigenvalue weighted by atomic mass is 16.6. The maximum absolute atomic E-state index is 5.89. The van der Waals surface area contributed by atoms with E-state index in [0.717, 1.165) is 36.1 Å². The summed E-state index contributed by atoms with van der Waals surface area (Å²) in [6.45, 7) is 4.62. The van der Waals surface area contributed by atoms with E-state index in [1.807, 2.05) is 55.6 Å². The van der Waals surface area contributed by atoms with Gasteiger partial charge in [0.05, 0.1) is 13.2 Å². The first-order valence-corrected chi connectivity index (χ1v) is 9.28. The van der Waals surface area contributed by atoms with Gasteiger partial charge in [0.25, 0.3) is 0 Å². The fraction of sp³-hybridized carbons (Fsp3) is 0.429. The summed E-state index contributed by atoms with van der Waals surface area (Å²) in [6.07, 6.45) is 0. The van der Waals surface area contributed by atoms with E-state index in [4.69, 9.17) is 23.7 Å². The van der Waals surface area contributed by atoms with Gasteiger partial charge in [-0.05, 0) is 31.3 Å². The van der Waals surface area contributed by atoms with Gasteiger partial charge in [0, 0.05) is 13.1 Å². The van der Waals surface area contributed by atoms with Crippen molar-refractivity contribution in [2.75, 3.05) is 59.8 Å². The van der Waals surface area contributed by atoms with E-state index in [9.17, 15) is 0 Å². The smallest absolute Gasteiger partial charge is 0.161 e. The Bertz CT molecular complexity index is 636. The lowest BCUT2D eigenvalue weighted by Gasteiger charge is -2.19. The van der Waals surface area contributed by atoms with E-state index >= 15 is 0 Å². The van der Waals surface area contributed by atoms with Crippen molar-refractivity contribution in [1.82, 2.24) is 4.90 Å². The van der Waals surface area contributed by atoms with Crippen LogP contribution in [0.3, 0.4) is 0 Å². The number of hydrogen-bond donors (Lipinski definition) is 0. The van der Waals surface area contributed by atoms with Gasteiger partial charge in [0.15, 0.2) is 23.0 Å². The van der Waals surface area contributed by atoms with Gasteiger partial charge < -0.3 is 23.7 Å². The van der Waals surface area contributed by atoms with Crippen molar-refractivity contribution in [3.05, 3.63) is 48.5 Å². The van der Waals surface area contributed by atoms with Crippen LogP contribution >= 0.6 is 0 Å². The number of para-hydroxylation sites is 4. The van der Waals surface area contributed by atoms with Crippen LogP contribution in [0, 0.1) is 0 Å². The molecule has 0 fully saturated rings. The lowest BCUT2D eigenvalue weighted by molar-refractivity contribution is 0.0740. The largest absolute Gasteiger partial charge is 0.488 e. The molecule has 1 heterocycles. The van der Waals surface area contributed by atoms with E-state index in [1.54, 1.807) is 0 Å². The summed E-state index contributed by atoms with van der Waals surface area (Å²) in [5, 5.41) is 0. The van der Waals surface area contributed by atoms with Gasteiger partial charge in [-0.1, -0.05) is 24.3 Å². The highest BCUT2D eigenvalue weighted by molar-refractivity contribution is 5.40. The second-order valence-electron chi connectivity index (χ2n) is 6.20. The minimum Gasteiger partial charge on any atom is -0.488 e. The van der Waals surface area contributed by atoms with Crippen LogP contribution in [0.5, 0.6) is 23.0 Å². The molecule has 6 heteroatoms. The molecule has 0 atom stereocenters. The van der Waals surface area contributed by atoms with Crippen molar-refractivity contribution in [3.8, 4) is 23.0 Å². The molecule has 0 unspecified atom stereocenters. The Hall–Kier alpha value is -2.44. The van der Waals surface area contributed by atoms with Gasteiger partial charge in [-0.3, -0.25) is 4.90 Å². The van der Waals surface area contributed by atoms with Crippen molar-refractivity contribution in [2.24, 2.45) is 0 Å². The summed E-state index contributed by atoms with van der Waals surface area (Å²) in [5.41, 5.74) is 0. The van der Waals surface area contributed by atoms with Crippen LogP contribution in [0.25, 0.3) is 0 Å². The van der Waals surface area contributed by atoms with Gasteiger partial charge in [-0.15, -0.1) is 0 Å². The number of likely N-dealkylation sites (N-methyl/N-ethyl adjacent to an activating group) is 1. The van der Waals surface area contributed by atoms with Crippen LogP contribution in [-0.2, 0) is 4.74 Å². The van der Waals surface area contributed by atoms with Crippen LogP contribution in [-0.4, -0.2) is 64.7 Å². The maximum atomic E-state index is 5.89. The molecule has 1 aliphatic rings. The Morgan fingerprint density at radius 2 is 0.926 bits per heavy atom. The number of hydrogen-bond acceptors (Lipinski definition) is 6. The highest BCUT2D eigenvalue weighted by Crippen LogP contribution is 2.27. The average Bonchev–Trinajstić information content (AvgIpc) is 2.69. The van der Waals surface area contributed by atoms with Crippen molar-refractivity contribution in [1.29, 1.82) is 0 Å². The Morgan fingerprint density at radius 1 is 0.556 bits per heavy atom. The van der Waals surface area contributed by atoms with Crippen molar-refractivity contribution >= 4 is 0 Å². The molecule has 3 rings (SSSR count). The van der Waals surface area contributed by atoms with Crippen molar-refractivity contribution in [2.45, 2.75) is 0 Å². The van der Waals surface area contributed by atoms with Gasteiger partial charge in [-0.25, -0.2) is 0 Å². The minimum atomic E-state index is 0.458. The maximum Gasteiger partial charge on any atom is 0.161 e. The molecule has 0 radical (unpaired) electrons. The lowest BCUT2D eigenvalue weighted by atomic mass is 10.3. The molecular formula is C21H27NO5. The Morgan fingerprint density at radius 3 is 1.33 bits per heavy atom. The van der Waals surface area contributed by atoms with Crippen LogP contribution < -0.4 is 18.9 Å². The first kappa shape index (κ1) is 19.3. The van der Waals surface area contributed by atoms with Crippen LogP contribution in [0.1, 0.15) is 0 Å². The van der Waals surface area contributed by atoms with Crippen molar-refractivity contribution in [3.63, 3.8) is 0 Å². The van der Waals surface area contributed by atoms with E-state index in [-0.39, 0.29) is 0 Å². The first-order chi connectivity index (χ1) is 13.3. The van der Waals surface area contributed by atoms with E-state index in [0.29, 0.717) is 39.6 Å². The molecule has 0 saturated heterocycles. The van der Waals surface area contributed by atoms with E-state index in [2.05, 4.69) is 4.90 Å². The number of rotatable bonds is 0. The second-order valence-corrected chi connectivity index (χ2v) is 6.20. The summed E-state index contributed by atoms with van der Waals surface area (Å²) in [6, 6.07) is 15.4. The molecule has 0 aliphatic carbocycles. The van der Waals surface area contributed by atoms with E-state index < -0.39 is 0 Å². The fourth-order valence-corrected chi connectivity index (χ4v) is 2.64. The molecule has 1 aliphatic heterocycles. The molecule has 0 saturated carbocycles. The Labute approximate surface area is 160 Å². The molecule has 146 valence electrons. The first-order valence-electron chi connectivity index (χ1n) is 9.28. The summed E-state index contributed by atoms with van der Waals surface area (Å²) < 4.78 is 29.0. The third-order valence-electron chi connectivity index (χ3n) is 4.13. The topological polar surface area (TPSA) is 49.4 Å². The highest BCUT2D eigenvalue weighted by Gasteiger charge is 2.08. The summed E-state index contributed by atoms with van der Waals surface area (Å²) >= 11 is 0. The summed E-state index contributed by atoms with van der Waals surface area (Å²) in [7, 11) is 2.05. The summed E-state index contributed by atoms with van der Waals surface area (Å²) in [4.78, 5) is 2.17. The average molecular weight is 373 g/mol. The molecule has 2 aromatic rings. The van der Waals surface area contributed by atoms with Gasteiger partial charge in [0.2, 0.25) is 0 Å². The zero-order chi connectivity index (χ0) is 18.7. The molecule has 0 spiro atoms. The second kappa shape index (κ2) is 10.6. The number of nitrogens with zero attached hydrogens (tertiary/aromatic N) is 1. The Kier molecular flexibility index (Phi) is 7.62. The van der Waals surface area contributed by atoms with Crippen molar-refractivity contribution < 1.29 is 23.7 Å². The predicted octanol–water partition coefficient (Wildman–Crippen LogP) is 2.86. The fourth-order valence-electron chi connectivity index (χ4n) is 2.64.